The van der Waals surface area contributed by atoms with Gasteiger partial charge in [0.15, 0.2) is 0 Å². The summed E-state index contributed by atoms with van der Waals surface area (Å²) in [5.41, 5.74) is 1.18. The normalized spacial score (nSPS) is 11.2. The van der Waals surface area contributed by atoms with Crippen molar-refractivity contribution in [3.8, 4) is 0 Å². The van der Waals surface area contributed by atoms with Crippen LogP contribution in [-0.4, -0.2) is 30.2 Å². The summed E-state index contributed by atoms with van der Waals surface area (Å²) < 4.78 is 1.63. The quantitative estimate of drug-likeness (QED) is 0.656. The van der Waals surface area contributed by atoms with Crippen LogP contribution < -0.4 is 0 Å². The van der Waals surface area contributed by atoms with Gasteiger partial charge in [0.1, 0.15) is 16.2 Å². The monoisotopic (exact) mass is 264 g/mol. The van der Waals surface area contributed by atoms with Crippen LogP contribution in [0.25, 0.3) is 10.2 Å². The Morgan fingerprint density at radius 1 is 1.35 bits per heavy atom. The predicted molar refractivity (Wildman–Crippen MR) is 65.1 cm³/mol. The van der Waals surface area contributed by atoms with Crippen molar-refractivity contribution in [3.63, 3.8) is 0 Å². The third kappa shape index (κ3) is 1.79. The lowest BCUT2D eigenvalue weighted by atomic mass is 10.3. The van der Waals surface area contributed by atoms with E-state index in [1.165, 1.54) is 17.3 Å². The van der Waals surface area contributed by atoms with Gasteiger partial charge in [-0.25, -0.2) is 14.6 Å². The molecule has 0 saturated heterocycles. The molecule has 0 bridgehead atoms. The Kier molecular flexibility index (Phi) is 2.52. The number of hydrogen-bond donors (Lipinski definition) is 0. The average molecular weight is 264 g/mol. The lowest BCUT2D eigenvalue weighted by Crippen LogP contribution is -1.94. The second-order valence-corrected chi connectivity index (χ2v) is 5.28. The second kappa shape index (κ2) is 4.04. The molecule has 3 rings (SSSR count). The van der Waals surface area contributed by atoms with Gasteiger partial charge in [0.05, 0.1) is 0 Å². The number of hydrogen-bond acceptors (Lipinski definition) is 7. The first-order chi connectivity index (χ1) is 8.25. The third-order valence-electron chi connectivity index (χ3n) is 2.29. The maximum atomic E-state index is 4.31. The molecule has 0 atom stereocenters. The van der Waals surface area contributed by atoms with E-state index in [1.54, 1.807) is 29.4 Å². The van der Waals surface area contributed by atoms with Crippen LogP contribution in [0.4, 0.5) is 0 Å². The van der Waals surface area contributed by atoms with Crippen molar-refractivity contribution < 1.29 is 0 Å². The molecule has 0 aliphatic heterocycles. The summed E-state index contributed by atoms with van der Waals surface area (Å²) in [6, 6.07) is 0. The summed E-state index contributed by atoms with van der Waals surface area (Å²) in [5, 5.41) is 16.1. The molecule has 3 heterocycles. The van der Waals surface area contributed by atoms with Crippen molar-refractivity contribution in [2.45, 2.75) is 17.1 Å². The molecule has 3 aromatic rings. The Hall–Kier alpha value is -1.54. The minimum atomic E-state index is 0.718. The van der Waals surface area contributed by atoms with Crippen LogP contribution in [0.1, 0.15) is 5.56 Å². The number of aromatic nitrogens is 6. The number of nitrogens with zero attached hydrogens (tertiary/aromatic N) is 6. The summed E-state index contributed by atoms with van der Waals surface area (Å²) in [7, 11) is 1.81. The smallest absolute Gasteiger partial charge is 0.215 e. The molecule has 0 radical (unpaired) electrons. The van der Waals surface area contributed by atoms with E-state index < -0.39 is 0 Å². The Balaban J connectivity index is 2.12. The van der Waals surface area contributed by atoms with Crippen molar-refractivity contribution in [1.82, 2.24) is 30.2 Å². The molecule has 0 saturated carbocycles. The zero-order chi connectivity index (χ0) is 11.8. The number of tetrazole rings is 1. The lowest BCUT2D eigenvalue weighted by molar-refractivity contribution is 0.664. The summed E-state index contributed by atoms with van der Waals surface area (Å²) in [4.78, 5) is 9.55. The molecule has 0 aliphatic rings. The summed E-state index contributed by atoms with van der Waals surface area (Å²) in [6.07, 6.45) is 1.57. The number of aryl methyl sites for hydroxylation is 2. The van der Waals surface area contributed by atoms with E-state index in [0.29, 0.717) is 0 Å². The predicted octanol–water partition coefficient (Wildman–Crippen LogP) is 1.67. The van der Waals surface area contributed by atoms with Gasteiger partial charge < -0.3 is 0 Å². The molecule has 0 aliphatic carbocycles. The van der Waals surface area contributed by atoms with Crippen molar-refractivity contribution in [2.75, 3.05) is 0 Å². The molecule has 17 heavy (non-hydrogen) atoms. The maximum absolute atomic E-state index is 4.31. The number of thiophene rings is 1. The van der Waals surface area contributed by atoms with Gasteiger partial charge >= 0.3 is 0 Å². The average Bonchev–Trinajstić information content (AvgIpc) is 2.88. The van der Waals surface area contributed by atoms with Crippen molar-refractivity contribution in [2.24, 2.45) is 7.05 Å². The lowest BCUT2D eigenvalue weighted by Gasteiger charge is -2.00. The van der Waals surface area contributed by atoms with Gasteiger partial charge in [0.25, 0.3) is 0 Å². The van der Waals surface area contributed by atoms with Gasteiger partial charge in [-0.2, -0.15) is 0 Å². The van der Waals surface area contributed by atoms with E-state index in [2.05, 4.69) is 37.8 Å². The van der Waals surface area contributed by atoms with Crippen LogP contribution in [0.3, 0.4) is 0 Å². The number of fused-ring (bicyclic) bond motifs is 1. The molecule has 3 aromatic heterocycles. The minimum Gasteiger partial charge on any atom is -0.229 e. The maximum Gasteiger partial charge on any atom is 0.215 e. The Bertz CT molecular complexity index is 673. The first kappa shape index (κ1) is 10.6. The van der Waals surface area contributed by atoms with Gasteiger partial charge in [-0.15, -0.1) is 16.4 Å². The molecule has 0 amide bonds. The highest BCUT2D eigenvalue weighted by atomic mass is 32.2. The Morgan fingerprint density at radius 2 is 2.24 bits per heavy atom. The highest BCUT2D eigenvalue weighted by Crippen LogP contribution is 2.33. The highest BCUT2D eigenvalue weighted by molar-refractivity contribution is 7.99. The molecule has 8 heteroatoms. The molecule has 86 valence electrons. The largest absolute Gasteiger partial charge is 0.229 e. The van der Waals surface area contributed by atoms with E-state index >= 15 is 0 Å². The number of rotatable bonds is 2. The minimum absolute atomic E-state index is 0.718. The van der Waals surface area contributed by atoms with E-state index in [9.17, 15) is 0 Å². The molecule has 0 aromatic carbocycles. The fourth-order valence-electron chi connectivity index (χ4n) is 1.46. The van der Waals surface area contributed by atoms with E-state index in [-0.39, 0.29) is 0 Å². The second-order valence-electron chi connectivity index (χ2n) is 3.46. The van der Waals surface area contributed by atoms with E-state index in [4.69, 9.17) is 0 Å². The topological polar surface area (TPSA) is 69.4 Å². The summed E-state index contributed by atoms with van der Waals surface area (Å²) >= 11 is 3.07. The summed E-state index contributed by atoms with van der Waals surface area (Å²) in [5.74, 6) is 0. The third-order valence-corrected chi connectivity index (χ3v) is 4.32. The van der Waals surface area contributed by atoms with Gasteiger partial charge in [-0.1, -0.05) is 0 Å². The SMILES string of the molecule is Cc1csc2ncnc(Sc3nnnn3C)c12. The molecule has 6 nitrogen and oxygen atoms in total. The van der Waals surface area contributed by atoms with Crippen LogP contribution in [-0.2, 0) is 7.05 Å². The zero-order valence-electron chi connectivity index (χ0n) is 9.15. The van der Waals surface area contributed by atoms with Crippen LogP contribution in [0, 0.1) is 6.92 Å². The van der Waals surface area contributed by atoms with Gasteiger partial charge in [0.2, 0.25) is 5.16 Å². The fraction of sp³-hybridized carbons (Fsp3) is 0.222. The van der Waals surface area contributed by atoms with Crippen molar-refractivity contribution >= 4 is 33.3 Å². The van der Waals surface area contributed by atoms with E-state index in [1.807, 2.05) is 0 Å². The Morgan fingerprint density at radius 3 is 3.00 bits per heavy atom. The van der Waals surface area contributed by atoms with Gasteiger partial charge in [-0.3, -0.25) is 0 Å². The summed E-state index contributed by atoms with van der Waals surface area (Å²) in [6.45, 7) is 2.06. The van der Waals surface area contributed by atoms with Crippen molar-refractivity contribution in [3.05, 3.63) is 17.3 Å². The van der Waals surface area contributed by atoms with Crippen molar-refractivity contribution in [1.29, 1.82) is 0 Å². The molecule has 0 N–H and O–H groups in total. The highest BCUT2D eigenvalue weighted by Gasteiger charge is 2.12. The van der Waals surface area contributed by atoms with Gasteiger partial charge in [-0.05, 0) is 40.1 Å². The molecule has 0 unspecified atom stereocenters. The standard InChI is InChI=1S/C9H8N6S2/c1-5-3-16-7-6(5)8(11-4-10-7)17-9-12-13-14-15(9)2/h3-4H,1-2H3. The van der Waals surface area contributed by atoms with Crippen LogP contribution in [0.2, 0.25) is 0 Å². The Labute approximate surface area is 105 Å². The van der Waals surface area contributed by atoms with Crippen LogP contribution in [0.5, 0.6) is 0 Å². The zero-order valence-corrected chi connectivity index (χ0v) is 10.8. The molecule has 0 fully saturated rings. The first-order valence-electron chi connectivity index (χ1n) is 4.84. The van der Waals surface area contributed by atoms with Gasteiger partial charge in [0, 0.05) is 12.4 Å². The molecular formula is C9H8N6S2. The molecular weight excluding hydrogens is 256 g/mol. The molecule has 0 spiro atoms. The van der Waals surface area contributed by atoms with E-state index in [0.717, 1.165) is 20.4 Å². The van der Waals surface area contributed by atoms with Crippen LogP contribution >= 0.6 is 23.1 Å². The first-order valence-corrected chi connectivity index (χ1v) is 6.54. The fourth-order valence-corrected chi connectivity index (χ4v) is 3.29. The van der Waals surface area contributed by atoms with Crippen LogP contribution in [0.15, 0.2) is 21.9 Å².